The van der Waals surface area contributed by atoms with E-state index in [2.05, 4.69) is 45.1 Å². The van der Waals surface area contributed by atoms with Crippen LogP contribution in [0.2, 0.25) is 0 Å². The number of halogens is 1. The van der Waals surface area contributed by atoms with E-state index in [1.807, 2.05) is 5.48 Å². The summed E-state index contributed by atoms with van der Waals surface area (Å²) in [5.74, 6) is 3.66. The number of terminal acetylenes is 1. The maximum atomic E-state index is 13.5. The number of aliphatic imine (C=N–C) groups is 1. The van der Waals surface area contributed by atoms with E-state index >= 15 is 0 Å². The van der Waals surface area contributed by atoms with E-state index in [0.717, 1.165) is 18.1 Å². The van der Waals surface area contributed by atoms with Crippen molar-refractivity contribution in [3.05, 3.63) is 29.6 Å². The molecule has 0 radical (unpaired) electrons. The van der Waals surface area contributed by atoms with Crippen LogP contribution >= 0.6 is 11.8 Å². The molecule has 0 spiro atoms. The van der Waals surface area contributed by atoms with Gasteiger partial charge in [-0.05, 0) is 24.0 Å². The third kappa shape index (κ3) is 7.34. The van der Waals surface area contributed by atoms with Gasteiger partial charge in [0.15, 0.2) is 5.84 Å². The highest BCUT2D eigenvalue weighted by molar-refractivity contribution is 7.99. The highest BCUT2D eigenvalue weighted by Gasteiger charge is 2.11. The van der Waals surface area contributed by atoms with Gasteiger partial charge in [-0.2, -0.15) is 11.8 Å². The Balaban J connectivity index is 2.95. The number of hydrogen-bond donors (Lipinski definition) is 3. The van der Waals surface area contributed by atoms with Gasteiger partial charge in [0, 0.05) is 25.6 Å². The Morgan fingerprint density at radius 3 is 2.96 bits per heavy atom. The molecule has 0 aliphatic heterocycles. The molecule has 7 nitrogen and oxygen atoms in total. The van der Waals surface area contributed by atoms with Crippen molar-refractivity contribution in [3.63, 3.8) is 0 Å². The summed E-state index contributed by atoms with van der Waals surface area (Å²) in [5, 5.41) is 19.4. The van der Waals surface area contributed by atoms with Crippen LogP contribution in [0.5, 0.6) is 0 Å². The molecule has 1 aromatic carbocycles. The van der Waals surface area contributed by atoms with Crippen molar-refractivity contribution in [2.45, 2.75) is 6.92 Å². The smallest absolute Gasteiger partial charge is 0.176 e. The molecule has 25 heavy (non-hydrogen) atoms. The van der Waals surface area contributed by atoms with Crippen LogP contribution in [0.25, 0.3) is 0 Å². The van der Waals surface area contributed by atoms with Crippen molar-refractivity contribution in [2.75, 3.05) is 24.6 Å². The van der Waals surface area contributed by atoms with Gasteiger partial charge in [0.25, 0.3) is 0 Å². The third-order valence-corrected chi connectivity index (χ3v) is 3.76. The third-order valence-electron chi connectivity index (χ3n) is 2.85. The highest BCUT2D eigenvalue weighted by Crippen LogP contribution is 2.17. The molecule has 9 heteroatoms. The summed E-state index contributed by atoms with van der Waals surface area (Å²) in [6, 6.07) is 3.99. The highest BCUT2D eigenvalue weighted by atomic mass is 32.2. The molecule has 0 atom stereocenters. The van der Waals surface area contributed by atoms with Gasteiger partial charge in [-0.3, -0.25) is 10.7 Å². The van der Waals surface area contributed by atoms with Gasteiger partial charge in [-0.25, -0.2) is 14.3 Å². The minimum absolute atomic E-state index is 0.00822. The molecule has 0 aliphatic rings. The van der Waals surface area contributed by atoms with E-state index in [1.54, 1.807) is 11.8 Å². The fraction of sp³-hybridized carbons (Fsp3) is 0.312. The maximum absolute atomic E-state index is 13.5. The number of hydrogen-bond acceptors (Lipinski definition) is 7. The zero-order valence-corrected chi connectivity index (χ0v) is 14.6. The van der Waals surface area contributed by atoms with Crippen LogP contribution in [0.3, 0.4) is 0 Å². The number of nitrogens with one attached hydrogen (secondary N) is 2. The Hall–Kier alpha value is -2.41. The molecule has 0 fully saturated rings. The zero-order chi connectivity index (χ0) is 18.5. The van der Waals surface area contributed by atoms with Gasteiger partial charge in [0.05, 0.1) is 11.3 Å². The van der Waals surface area contributed by atoms with Crippen molar-refractivity contribution in [1.82, 2.24) is 10.8 Å². The molecule has 0 saturated heterocycles. The van der Waals surface area contributed by atoms with E-state index in [1.165, 1.54) is 18.2 Å². The number of hydroxylamine groups is 1. The quantitative estimate of drug-likeness (QED) is 0.194. The van der Waals surface area contributed by atoms with E-state index < -0.39 is 5.82 Å². The number of oxime groups is 2. The molecule has 3 N–H and O–H groups in total. The largest absolute Gasteiger partial charge is 0.310 e. The number of benzene rings is 1. The SMILES string of the molecule is C#Cc1cc(N=C(NO)/C(CNCCSCC)=N/ON=C)ccc1F. The van der Waals surface area contributed by atoms with Crippen LogP contribution in [-0.2, 0) is 4.94 Å². The van der Waals surface area contributed by atoms with Gasteiger partial charge in [0.2, 0.25) is 0 Å². The molecule has 0 unspecified atom stereocenters. The monoisotopic (exact) mass is 365 g/mol. The van der Waals surface area contributed by atoms with Gasteiger partial charge in [-0.1, -0.05) is 23.2 Å². The van der Waals surface area contributed by atoms with Gasteiger partial charge >= 0.3 is 0 Å². The van der Waals surface area contributed by atoms with Crippen LogP contribution in [0, 0.1) is 18.2 Å². The molecule has 1 aromatic rings. The normalized spacial score (nSPS) is 11.8. The molecule has 0 bridgehead atoms. The van der Waals surface area contributed by atoms with E-state index in [0.29, 0.717) is 5.69 Å². The second kappa shape index (κ2) is 12.0. The molecule has 1 rings (SSSR count). The first kappa shape index (κ1) is 20.6. The molecular weight excluding hydrogens is 345 g/mol. The Morgan fingerprint density at radius 1 is 1.52 bits per heavy atom. The van der Waals surface area contributed by atoms with Crippen LogP contribution in [0.15, 0.2) is 33.5 Å². The predicted molar refractivity (Wildman–Crippen MR) is 100 cm³/mol. The molecule has 0 aliphatic carbocycles. The lowest BCUT2D eigenvalue weighted by Crippen LogP contribution is -2.37. The molecule has 134 valence electrons. The summed E-state index contributed by atoms with van der Waals surface area (Å²) in [5.41, 5.74) is 2.61. The molecule has 0 amide bonds. The summed E-state index contributed by atoms with van der Waals surface area (Å²) in [6.07, 6.45) is 5.24. The van der Waals surface area contributed by atoms with Crippen LogP contribution in [0.4, 0.5) is 10.1 Å². The molecule has 0 saturated carbocycles. The fourth-order valence-corrected chi connectivity index (χ4v) is 2.29. The van der Waals surface area contributed by atoms with Crippen LogP contribution in [0.1, 0.15) is 12.5 Å². The van der Waals surface area contributed by atoms with Gasteiger partial charge in [0.1, 0.15) is 11.5 Å². The molecule has 0 heterocycles. The Bertz CT molecular complexity index is 673. The van der Waals surface area contributed by atoms with Crippen molar-refractivity contribution in [2.24, 2.45) is 15.3 Å². The first-order chi connectivity index (χ1) is 12.2. The van der Waals surface area contributed by atoms with E-state index in [4.69, 9.17) is 6.42 Å². The predicted octanol–water partition coefficient (Wildman–Crippen LogP) is 2.15. The minimum Gasteiger partial charge on any atom is -0.310 e. The Kier molecular flexibility index (Phi) is 9.92. The number of thioether (sulfide) groups is 1. The number of amidine groups is 1. The Morgan fingerprint density at radius 2 is 2.32 bits per heavy atom. The number of rotatable bonds is 10. The second-order valence-corrected chi connectivity index (χ2v) is 5.90. The first-order valence-electron chi connectivity index (χ1n) is 7.39. The minimum atomic E-state index is -0.525. The summed E-state index contributed by atoms with van der Waals surface area (Å²) in [6.45, 7) is 6.23. The fourth-order valence-electron chi connectivity index (χ4n) is 1.71. The van der Waals surface area contributed by atoms with E-state index in [9.17, 15) is 9.60 Å². The maximum Gasteiger partial charge on any atom is 0.176 e. The van der Waals surface area contributed by atoms with Crippen molar-refractivity contribution in [3.8, 4) is 12.3 Å². The van der Waals surface area contributed by atoms with Gasteiger partial charge in [-0.15, -0.1) is 6.42 Å². The average molecular weight is 365 g/mol. The summed E-state index contributed by atoms with van der Waals surface area (Å²) >= 11 is 1.79. The first-order valence-corrected chi connectivity index (χ1v) is 8.54. The van der Waals surface area contributed by atoms with Crippen molar-refractivity contribution >= 4 is 35.7 Å². The summed E-state index contributed by atoms with van der Waals surface area (Å²) in [7, 11) is 0. The summed E-state index contributed by atoms with van der Waals surface area (Å²) in [4.78, 5) is 8.76. The van der Waals surface area contributed by atoms with Crippen molar-refractivity contribution < 1.29 is 14.5 Å². The lowest BCUT2D eigenvalue weighted by molar-refractivity contribution is 0.158. The average Bonchev–Trinajstić information content (AvgIpc) is 2.63. The van der Waals surface area contributed by atoms with Crippen molar-refractivity contribution in [1.29, 1.82) is 0 Å². The zero-order valence-electron chi connectivity index (χ0n) is 13.8. The van der Waals surface area contributed by atoms with Crippen LogP contribution < -0.4 is 10.8 Å². The van der Waals surface area contributed by atoms with Gasteiger partial charge < -0.3 is 5.32 Å². The Labute approximate surface area is 150 Å². The topological polar surface area (TPSA) is 90.6 Å². The standard InChI is InChI=1S/C16H20FN5O2S/c1-4-12-10-13(6-7-14(12)17)20-16(21-23)15(22-24-18-3)11-19-8-9-25-5-2/h1,6-7,10,19,23H,3,5,8-9,11H2,2H3,(H,20,21)/b22-15+. The van der Waals surface area contributed by atoms with Crippen LogP contribution in [-0.4, -0.2) is 48.1 Å². The summed E-state index contributed by atoms with van der Waals surface area (Å²) < 4.78 is 13.5. The lowest BCUT2D eigenvalue weighted by atomic mass is 10.2. The number of nitrogens with zero attached hydrogens (tertiary/aromatic N) is 3. The molecule has 0 aromatic heterocycles. The molecular formula is C16H20FN5O2S. The lowest BCUT2D eigenvalue weighted by Gasteiger charge is -2.09. The van der Waals surface area contributed by atoms with E-state index in [-0.39, 0.29) is 23.7 Å². The second-order valence-electron chi connectivity index (χ2n) is 4.50.